The molecule has 0 bridgehead atoms. The Morgan fingerprint density at radius 2 is 1.93 bits per heavy atom. The molecule has 0 spiro atoms. The topological polar surface area (TPSA) is 39.1 Å². The van der Waals surface area contributed by atoms with Gasteiger partial charge in [0.1, 0.15) is 5.54 Å². The zero-order chi connectivity index (χ0) is 10.9. The zero-order valence-corrected chi connectivity index (χ0v) is 9.79. The van der Waals surface area contributed by atoms with Crippen molar-refractivity contribution in [1.29, 1.82) is 5.26 Å². The van der Waals surface area contributed by atoms with Gasteiger partial charge in [0.2, 0.25) is 0 Å². The van der Waals surface area contributed by atoms with Crippen molar-refractivity contribution in [2.75, 3.05) is 13.1 Å². The van der Waals surface area contributed by atoms with Crippen molar-refractivity contribution in [3.63, 3.8) is 0 Å². The predicted molar refractivity (Wildman–Crippen MR) is 60.4 cm³/mol. The van der Waals surface area contributed by atoms with E-state index in [-0.39, 0.29) is 5.54 Å². The van der Waals surface area contributed by atoms with Crippen LogP contribution in [0.15, 0.2) is 0 Å². The summed E-state index contributed by atoms with van der Waals surface area (Å²) < 4.78 is 0. The molecule has 1 heterocycles. The maximum atomic E-state index is 9.31. The highest BCUT2D eigenvalue weighted by molar-refractivity contribution is 5.12. The van der Waals surface area contributed by atoms with Crippen LogP contribution in [0.2, 0.25) is 0 Å². The first-order valence-electron chi connectivity index (χ1n) is 6.08. The molecule has 1 aliphatic carbocycles. The van der Waals surface area contributed by atoms with E-state index in [9.17, 15) is 5.26 Å². The van der Waals surface area contributed by atoms with Crippen molar-refractivity contribution in [2.45, 2.75) is 57.2 Å². The largest absolute Gasteiger partial charge is 0.301 e. The summed E-state index contributed by atoms with van der Waals surface area (Å²) in [7, 11) is 0. The Bertz CT molecular complexity index is 255. The summed E-state index contributed by atoms with van der Waals surface area (Å²) in [6.07, 6.45) is 4.49. The Labute approximate surface area is 92.4 Å². The molecule has 0 aromatic rings. The maximum absolute atomic E-state index is 9.31. The Morgan fingerprint density at radius 1 is 1.33 bits per heavy atom. The number of likely N-dealkylation sites (tertiary alicyclic amines) is 1. The summed E-state index contributed by atoms with van der Waals surface area (Å²) in [5, 5.41) is 12.8. The van der Waals surface area contributed by atoms with Crippen molar-refractivity contribution in [1.82, 2.24) is 10.2 Å². The van der Waals surface area contributed by atoms with Crippen LogP contribution in [-0.4, -0.2) is 35.6 Å². The van der Waals surface area contributed by atoms with E-state index < -0.39 is 0 Å². The standard InChI is InChI=1S/C12H21N3/c1-10(2)15-7-5-12(9-13,6-8-15)14-11-3-4-11/h10-11,14H,3-8H2,1-2H3. The first kappa shape index (κ1) is 10.9. The Morgan fingerprint density at radius 3 is 2.33 bits per heavy atom. The van der Waals surface area contributed by atoms with Gasteiger partial charge in [-0.2, -0.15) is 5.26 Å². The van der Waals surface area contributed by atoms with Gasteiger partial charge in [0, 0.05) is 25.2 Å². The molecule has 0 aromatic heterocycles. The maximum Gasteiger partial charge on any atom is 0.109 e. The van der Waals surface area contributed by atoms with Gasteiger partial charge in [-0.1, -0.05) is 0 Å². The fourth-order valence-electron chi connectivity index (χ4n) is 2.33. The minimum absolute atomic E-state index is 0.216. The third-order valence-electron chi connectivity index (χ3n) is 3.65. The fourth-order valence-corrected chi connectivity index (χ4v) is 2.33. The van der Waals surface area contributed by atoms with Gasteiger partial charge in [0.05, 0.1) is 6.07 Å². The van der Waals surface area contributed by atoms with Crippen LogP contribution in [0.1, 0.15) is 39.5 Å². The second kappa shape index (κ2) is 4.11. The third kappa shape index (κ3) is 2.50. The highest BCUT2D eigenvalue weighted by atomic mass is 15.2. The molecule has 2 fully saturated rings. The first-order chi connectivity index (χ1) is 7.15. The van der Waals surface area contributed by atoms with Crippen LogP contribution >= 0.6 is 0 Å². The van der Waals surface area contributed by atoms with Crippen LogP contribution in [0.25, 0.3) is 0 Å². The molecule has 1 saturated heterocycles. The van der Waals surface area contributed by atoms with E-state index in [4.69, 9.17) is 0 Å². The molecule has 0 unspecified atom stereocenters. The molecule has 2 rings (SSSR count). The van der Waals surface area contributed by atoms with Crippen LogP contribution in [-0.2, 0) is 0 Å². The molecule has 15 heavy (non-hydrogen) atoms. The van der Waals surface area contributed by atoms with E-state index in [1.165, 1.54) is 12.8 Å². The van der Waals surface area contributed by atoms with Crippen molar-refractivity contribution in [2.24, 2.45) is 0 Å². The Balaban J connectivity index is 1.90. The smallest absolute Gasteiger partial charge is 0.109 e. The number of hydrogen-bond acceptors (Lipinski definition) is 3. The van der Waals surface area contributed by atoms with Gasteiger partial charge >= 0.3 is 0 Å². The first-order valence-corrected chi connectivity index (χ1v) is 6.08. The molecule has 0 radical (unpaired) electrons. The van der Waals surface area contributed by atoms with Gasteiger partial charge in [0.25, 0.3) is 0 Å². The summed E-state index contributed by atoms with van der Waals surface area (Å²) in [6, 6.07) is 3.76. The molecular formula is C12H21N3. The second-order valence-corrected chi connectivity index (χ2v) is 5.24. The number of piperidine rings is 1. The van der Waals surface area contributed by atoms with Crippen molar-refractivity contribution >= 4 is 0 Å². The zero-order valence-electron chi connectivity index (χ0n) is 9.79. The number of nitrogens with zero attached hydrogens (tertiary/aromatic N) is 2. The second-order valence-electron chi connectivity index (χ2n) is 5.24. The Kier molecular flexibility index (Phi) is 2.99. The Hall–Kier alpha value is -0.590. The molecule has 3 nitrogen and oxygen atoms in total. The van der Waals surface area contributed by atoms with Crippen molar-refractivity contribution in [3.05, 3.63) is 0 Å². The average Bonchev–Trinajstić information content (AvgIpc) is 3.02. The quantitative estimate of drug-likeness (QED) is 0.762. The van der Waals surface area contributed by atoms with Gasteiger partial charge in [-0.25, -0.2) is 0 Å². The molecule has 0 amide bonds. The summed E-state index contributed by atoms with van der Waals surface area (Å²) in [5.41, 5.74) is -0.216. The van der Waals surface area contributed by atoms with Gasteiger partial charge in [-0.15, -0.1) is 0 Å². The van der Waals surface area contributed by atoms with Crippen LogP contribution in [0.3, 0.4) is 0 Å². The number of nitrogens with one attached hydrogen (secondary N) is 1. The lowest BCUT2D eigenvalue weighted by molar-refractivity contribution is 0.135. The molecule has 1 saturated carbocycles. The lowest BCUT2D eigenvalue weighted by atomic mass is 9.88. The molecule has 0 aromatic carbocycles. The molecule has 2 aliphatic rings. The van der Waals surface area contributed by atoms with E-state index in [0.717, 1.165) is 25.9 Å². The molecule has 3 heteroatoms. The van der Waals surface area contributed by atoms with Crippen LogP contribution < -0.4 is 5.32 Å². The van der Waals surface area contributed by atoms with Crippen molar-refractivity contribution in [3.8, 4) is 6.07 Å². The summed E-state index contributed by atoms with van der Waals surface area (Å²) >= 11 is 0. The molecule has 84 valence electrons. The van der Waals surface area contributed by atoms with Crippen LogP contribution in [0, 0.1) is 11.3 Å². The van der Waals surface area contributed by atoms with Crippen molar-refractivity contribution < 1.29 is 0 Å². The number of nitriles is 1. The summed E-state index contributed by atoms with van der Waals surface area (Å²) in [5.74, 6) is 0. The lowest BCUT2D eigenvalue weighted by Crippen LogP contribution is -2.54. The highest BCUT2D eigenvalue weighted by Gasteiger charge is 2.39. The predicted octanol–water partition coefficient (Wildman–Crippen LogP) is 1.50. The highest BCUT2D eigenvalue weighted by Crippen LogP contribution is 2.29. The van der Waals surface area contributed by atoms with E-state index >= 15 is 0 Å². The normalized spacial score (nSPS) is 26.5. The van der Waals surface area contributed by atoms with E-state index in [1.54, 1.807) is 0 Å². The van der Waals surface area contributed by atoms with Gasteiger partial charge in [-0.3, -0.25) is 5.32 Å². The number of rotatable bonds is 3. The van der Waals surface area contributed by atoms with E-state index in [1.807, 2.05) is 0 Å². The van der Waals surface area contributed by atoms with E-state index in [2.05, 4.69) is 30.1 Å². The molecular weight excluding hydrogens is 186 g/mol. The number of hydrogen-bond donors (Lipinski definition) is 1. The van der Waals surface area contributed by atoms with Gasteiger partial charge < -0.3 is 4.90 Å². The van der Waals surface area contributed by atoms with Crippen LogP contribution in [0.4, 0.5) is 0 Å². The molecule has 1 aliphatic heterocycles. The average molecular weight is 207 g/mol. The van der Waals surface area contributed by atoms with Gasteiger partial charge in [-0.05, 0) is 39.5 Å². The minimum Gasteiger partial charge on any atom is -0.301 e. The molecule has 0 atom stereocenters. The lowest BCUT2D eigenvalue weighted by Gasteiger charge is -2.39. The summed E-state index contributed by atoms with van der Waals surface area (Å²) in [4.78, 5) is 2.46. The summed E-state index contributed by atoms with van der Waals surface area (Å²) in [6.45, 7) is 6.58. The SMILES string of the molecule is CC(C)N1CCC(C#N)(NC2CC2)CC1. The monoisotopic (exact) mass is 207 g/mol. The minimum atomic E-state index is -0.216. The van der Waals surface area contributed by atoms with Crippen LogP contribution in [0.5, 0.6) is 0 Å². The molecule has 1 N–H and O–H groups in total. The van der Waals surface area contributed by atoms with Gasteiger partial charge in [0.15, 0.2) is 0 Å². The fraction of sp³-hybridized carbons (Fsp3) is 0.917. The third-order valence-corrected chi connectivity index (χ3v) is 3.65. The van der Waals surface area contributed by atoms with E-state index in [0.29, 0.717) is 12.1 Å².